The second-order valence-corrected chi connectivity index (χ2v) is 7.97. The third kappa shape index (κ3) is 5.48. The molecule has 3 N–H and O–H groups in total. The van der Waals surface area contributed by atoms with Crippen LogP contribution in [0.2, 0.25) is 0 Å². The molecule has 1 amide bonds. The largest absolute Gasteiger partial charge is 0.450 e. The highest BCUT2D eigenvalue weighted by atomic mass is 16.7. The molecule has 1 saturated carbocycles. The zero-order valence-electron chi connectivity index (χ0n) is 16.6. The molecule has 2 aliphatic heterocycles. The number of amides is 1. The van der Waals surface area contributed by atoms with E-state index in [0.717, 1.165) is 44.4 Å². The van der Waals surface area contributed by atoms with Gasteiger partial charge in [0.25, 0.3) is 0 Å². The van der Waals surface area contributed by atoms with E-state index in [0.29, 0.717) is 38.8 Å². The lowest BCUT2D eigenvalue weighted by Crippen LogP contribution is -2.48. The number of hydrogen-bond donors (Lipinski definition) is 2. The molecule has 0 aromatic carbocycles. The molecule has 8 heteroatoms. The van der Waals surface area contributed by atoms with E-state index in [4.69, 9.17) is 19.9 Å². The van der Waals surface area contributed by atoms with E-state index >= 15 is 0 Å². The van der Waals surface area contributed by atoms with Crippen LogP contribution >= 0.6 is 0 Å². The number of carbonyl (C=O) groups is 1. The van der Waals surface area contributed by atoms with Gasteiger partial charge in [-0.1, -0.05) is 6.92 Å². The second kappa shape index (κ2) is 9.10. The molecule has 3 rings (SSSR count). The van der Waals surface area contributed by atoms with Crippen molar-refractivity contribution in [3.05, 3.63) is 0 Å². The zero-order chi connectivity index (χ0) is 19.3. The molecular weight excluding hydrogens is 348 g/mol. The van der Waals surface area contributed by atoms with Crippen molar-refractivity contribution in [2.45, 2.75) is 70.3 Å². The van der Waals surface area contributed by atoms with Crippen LogP contribution in [0.15, 0.2) is 4.99 Å². The van der Waals surface area contributed by atoms with Gasteiger partial charge in [-0.15, -0.1) is 0 Å². The summed E-state index contributed by atoms with van der Waals surface area (Å²) in [5.74, 6) is 0.816. The van der Waals surface area contributed by atoms with Crippen molar-refractivity contribution in [2.75, 3.05) is 32.8 Å². The Kier molecular flexibility index (Phi) is 6.81. The molecule has 2 saturated heterocycles. The number of piperidine rings is 1. The number of likely N-dealkylation sites (tertiary alicyclic amines) is 1. The van der Waals surface area contributed by atoms with Gasteiger partial charge in [0.05, 0.1) is 19.8 Å². The van der Waals surface area contributed by atoms with E-state index in [-0.39, 0.29) is 24.0 Å². The van der Waals surface area contributed by atoms with Gasteiger partial charge in [0.1, 0.15) is 6.10 Å². The molecule has 0 aromatic heterocycles. The Labute approximate surface area is 161 Å². The minimum absolute atomic E-state index is 0.0237. The molecule has 0 radical (unpaired) electrons. The number of nitrogens with one attached hydrogen (secondary N) is 1. The van der Waals surface area contributed by atoms with Crippen LogP contribution in [0.5, 0.6) is 0 Å². The van der Waals surface area contributed by atoms with Gasteiger partial charge in [-0.05, 0) is 38.5 Å². The number of guanidine groups is 1. The smallest absolute Gasteiger partial charge is 0.409 e. The number of nitrogens with zero attached hydrogens (tertiary/aromatic N) is 2. The first-order valence-electron chi connectivity index (χ1n) is 10.3. The average molecular weight is 383 g/mol. The van der Waals surface area contributed by atoms with E-state index in [1.54, 1.807) is 4.90 Å². The molecule has 8 nitrogen and oxygen atoms in total. The van der Waals surface area contributed by atoms with Crippen LogP contribution in [0.3, 0.4) is 0 Å². The number of nitrogens with two attached hydrogens (primary N) is 1. The van der Waals surface area contributed by atoms with Crippen molar-refractivity contribution >= 4 is 12.1 Å². The Bertz CT molecular complexity index is 526. The third-order valence-electron chi connectivity index (χ3n) is 5.79. The molecule has 3 aliphatic rings. The van der Waals surface area contributed by atoms with E-state index in [2.05, 4.69) is 17.2 Å². The highest BCUT2D eigenvalue weighted by molar-refractivity contribution is 5.78. The topological polar surface area (TPSA) is 98.4 Å². The van der Waals surface area contributed by atoms with Crippen molar-refractivity contribution in [2.24, 2.45) is 16.6 Å². The minimum Gasteiger partial charge on any atom is -0.450 e. The van der Waals surface area contributed by atoms with Gasteiger partial charge in [0.2, 0.25) is 0 Å². The molecule has 1 unspecified atom stereocenters. The highest BCUT2D eigenvalue weighted by Crippen LogP contribution is 2.39. The number of ether oxygens (including phenoxy) is 3. The average Bonchev–Trinajstić information content (AvgIpc) is 3.06. The fraction of sp³-hybridized carbons (Fsp3) is 0.895. The summed E-state index contributed by atoms with van der Waals surface area (Å²) in [7, 11) is 0. The molecule has 1 aliphatic carbocycles. The zero-order valence-corrected chi connectivity index (χ0v) is 16.6. The normalized spacial score (nSPS) is 32.7. The van der Waals surface area contributed by atoms with Gasteiger partial charge in [-0.3, -0.25) is 4.99 Å². The predicted molar refractivity (Wildman–Crippen MR) is 102 cm³/mol. The van der Waals surface area contributed by atoms with Crippen molar-refractivity contribution < 1.29 is 19.0 Å². The summed E-state index contributed by atoms with van der Waals surface area (Å²) >= 11 is 0. The monoisotopic (exact) mass is 382 g/mol. The number of carbonyl (C=O) groups excluding carboxylic acids is 1. The molecule has 2 heterocycles. The van der Waals surface area contributed by atoms with E-state index in [1.807, 2.05) is 6.92 Å². The molecule has 0 aromatic rings. The maximum atomic E-state index is 11.7. The predicted octanol–water partition coefficient (Wildman–Crippen LogP) is 1.83. The molecule has 1 atom stereocenters. The lowest BCUT2D eigenvalue weighted by Gasteiger charge is -2.34. The van der Waals surface area contributed by atoms with Crippen LogP contribution in [-0.4, -0.2) is 67.7 Å². The fourth-order valence-corrected chi connectivity index (χ4v) is 4.05. The third-order valence-corrected chi connectivity index (χ3v) is 5.79. The molecular formula is C19H34N4O4. The summed E-state index contributed by atoms with van der Waals surface area (Å²) in [5.41, 5.74) is 6.05. The van der Waals surface area contributed by atoms with Gasteiger partial charge in [-0.25, -0.2) is 4.79 Å². The minimum atomic E-state index is -0.380. The van der Waals surface area contributed by atoms with Gasteiger partial charge in [0.15, 0.2) is 11.7 Å². The quantitative estimate of drug-likeness (QED) is 0.569. The maximum absolute atomic E-state index is 11.7. The van der Waals surface area contributed by atoms with Gasteiger partial charge >= 0.3 is 6.09 Å². The summed E-state index contributed by atoms with van der Waals surface area (Å²) in [6.07, 6.45) is 5.67. The summed E-state index contributed by atoms with van der Waals surface area (Å²) in [4.78, 5) is 17.9. The standard InChI is InChI=1S/C19H34N4O4/c1-3-25-18(24)23-10-6-15(7-11-23)22-17(20)21-12-16-13-26-19(27-16)8-4-14(2)5-9-19/h14-16H,3-13H2,1-2H3,(H3,20,21,22). The molecule has 1 spiro atoms. The summed E-state index contributed by atoms with van der Waals surface area (Å²) in [5, 5.41) is 3.26. The first-order chi connectivity index (χ1) is 13.0. The maximum Gasteiger partial charge on any atom is 0.409 e. The van der Waals surface area contributed by atoms with Crippen LogP contribution in [0, 0.1) is 5.92 Å². The number of hydrogen-bond acceptors (Lipinski definition) is 5. The number of rotatable bonds is 4. The Morgan fingerprint density at radius 1 is 1.30 bits per heavy atom. The SMILES string of the molecule is CCOC(=O)N1CCC(NC(N)=NCC2COC3(CCC(C)CC3)O2)CC1. The lowest BCUT2D eigenvalue weighted by atomic mass is 9.86. The van der Waals surface area contributed by atoms with Crippen molar-refractivity contribution in [3.8, 4) is 0 Å². The Morgan fingerprint density at radius 3 is 2.67 bits per heavy atom. The van der Waals surface area contributed by atoms with Crippen molar-refractivity contribution in [1.82, 2.24) is 10.2 Å². The van der Waals surface area contributed by atoms with Crippen LogP contribution in [0.4, 0.5) is 4.79 Å². The van der Waals surface area contributed by atoms with Crippen LogP contribution in [-0.2, 0) is 14.2 Å². The van der Waals surface area contributed by atoms with Gasteiger partial charge in [0, 0.05) is 32.0 Å². The van der Waals surface area contributed by atoms with Gasteiger partial charge in [-0.2, -0.15) is 0 Å². The second-order valence-electron chi connectivity index (χ2n) is 7.97. The summed E-state index contributed by atoms with van der Waals surface area (Å²) < 4.78 is 17.2. The summed E-state index contributed by atoms with van der Waals surface area (Å²) in [6, 6.07) is 0.228. The molecule has 0 bridgehead atoms. The van der Waals surface area contributed by atoms with Gasteiger partial charge < -0.3 is 30.2 Å². The van der Waals surface area contributed by atoms with E-state index in [1.165, 1.54) is 0 Å². The van der Waals surface area contributed by atoms with Crippen LogP contribution in [0.25, 0.3) is 0 Å². The Morgan fingerprint density at radius 2 is 2.00 bits per heavy atom. The first-order valence-corrected chi connectivity index (χ1v) is 10.3. The van der Waals surface area contributed by atoms with E-state index < -0.39 is 0 Å². The lowest BCUT2D eigenvalue weighted by molar-refractivity contribution is -0.190. The molecule has 3 fully saturated rings. The molecule has 154 valence electrons. The Balaban J connectivity index is 1.37. The highest BCUT2D eigenvalue weighted by Gasteiger charge is 2.43. The first kappa shape index (κ1) is 20.2. The van der Waals surface area contributed by atoms with Crippen LogP contribution in [0.1, 0.15) is 52.4 Å². The van der Waals surface area contributed by atoms with Crippen molar-refractivity contribution in [1.29, 1.82) is 0 Å². The number of aliphatic imine (C=N–C) groups is 1. The van der Waals surface area contributed by atoms with E-state index in [9.17, 15) is 4.79 Å². The van der Waals surface area contributed by atoms with Crippen molar-refractivity contribution in [3.63, 3.8) is 0 Å². The fourth-order valence-electron chi connectivity index (χ4n) is 4.05. The Hall–Kier alpha value is -1.54. The summed E-state index contributed by atoms with van der Waals surface area (Å²) in [6.45, 7) is 6.95. The van der Waals surface area contributed by atoms with Crippen LogP contribution < -0.4 is 11.1 Å². The molecule has 27 heavy (non-hydrogen) atoms.